The van der Waals surface area contributed by atoms with Gasteiger partial charge in [-0.25, -0.2) is 0 Å². The molecule has 30 heavy (non-hydrogen) atoms. The van der Waals surface area contributed by atoms with Crippen molar-refractivity contribution in [2.75, 3.05) is 25.7 Å². The monoisotopic (exact) mass is 546 g/mol. The maximum atomic E-state index is 5.89. The Bertz CT molecular complexity index is 732. The highest BCUT2D eigenvalue weighted by Crippen LogP contribution is 2.33. The van der Waals surface area contributed by atoms with Gasteiger partial charge in [-0.3, -0.25) is 0 Å². The molecule has 166 valence electrons. The molecule has 4 nitrogen and oxygen atoms in total. The van der Waals surface area contributed by atoms with Crippen molar-refractivity contribution in [2.24, 2.45) is 0 Å². The van der Waals surface area contributed by atoms with Crippen molar-refractivity contribution in [3.8, 4) is 11.5 Å². The van der Waals surface area contributed by atoms with Gasteiger partial charge in [-0.15, -0.1) is 11.6 Å². The van der Waals surface area contributed by atoms with Gasteiger partial charge in [-0.1, -0.05) is 38.1 Å². The van der Waals surface area contributed by atoms with E-state index < -0.39 is 0 Å². The lowest BCUT2D eigenvalue weighted by atomic mass is 9.78. The summed E-state index contributed by atoms with van der Waals surface area (Å²) in [5.74, 6) is 2.31. The molecule has 0 saturated carbocycles. The predicted octanol–water partition coefficient (Wildman–Crippen LogP) is 6.56. The van der Waals surface area contributed by atoms with Gasteiger partial charge in [0, 0.05) is 11.3 Å². The second kappa shape index (κ2) is 12.7. The number of alkyl halides is 1. The summed E-state index contributed by atoms with van der Waals surface area (Å²) < 4.78 is 22.6. The van der Waals surface area contributed by atoms with Crippen LogP contribution in [-0.2, 0) is 13.2 Å². The summed E-state index contributed by atoms with van der Waals surface area (Å²) in [5, 5.41) is 0. The maximum Gasteiger partial charge on any atom is 0.127 e. The molecule has 0 fully saturated rings. The van der Waals surface area contributed by atoms with Crippen LogP contribution in [0, 0.1) is 0 Å². The third-order valence-electron chi connectivity index (χ3n) is 4.88. The molecule has 0 aliphatic carbocycles. The smallest absolute Gasteiger partial charge is 0.127 e. The Morgan fingerprint density at radius 1 is 0.867 bits per heavy atom. The highest BCUT2D eigenvalue weighted by Gasteiger charge is 2.23. The Balaban J connectivity index is 1.96. The summed E-state index contributed by atoms with van der Waals surface area (Å²) in [6.07, 6.45) is 0.916. The Morgan fingerprint density at radius 3 is 1.87 bits per heavy atom. The van der Waals surface area contributed by atoms with Crippen LogP contribution in [0.3, 0.4) is 0 Å². The Morgan fingerprint density at radius 2 is 1.40 bits per heavy atom. The molecule has 0 N–H and O–H groups in total. The largest absolute Gasteiger partial charge is 0.494 e. The topological polar surface area (TPSA) is 36.9 Å². The van der Waals surface area contributed by atoms with Gasteiger partial charge >= 0.3 is 0 Å². The summed E-state index contributed by atoms with van der Waals surface area (Å²) in [6, 6.07) is 16.5. The molecule has 0 aliphatic rings. The SMILES string of the molecule is CC(C)OC[C@H](COc1ccc(C(C)(C)c2ccc(OCCCCl)cc2)cc1)OI. The summed E-state index contributed by atoms with van der Waals surface area (Å²) in [6.45, 7) is 10.0. The highest BCUT2D eigenvalue weighted by molar-refractivity contribution is 14.1. The third-order valence-corrected chi connectivity index (χ3v) is 5.86. The van der Waals surface area contributed by atoms with Crippen LogP contribution >= 0.6 is 34.6 Å². The number of ether oxygens (including phenoxy) is 3. The minimum atomic E-state index is -0.133. The Labute approximate surface area is 199 Å². The van der Waals surface area contributed by atoms with Crippen LogP contribution in [0.15, 0.2) is 48.5 Å². The molecule has 0 aromatic heterocycles. The molecule has 0 heterocycles. The van der Waals surface area contributed by atoms with Crippen LogP contribution in [0.25, 0.3) is 0 Å². The predicted molar refractivity (Wildman–Crippen MR) is 131 cm³/mol. The standard InChI is InChI=1S/C24H32ClIO4/c1-18(2)28-16-23(30-26)17-29-22-12-8-20(9-13-22)24(3,4)19-6-10-21(11-7-19)27-15-5-14-25/h6-13,18,23H,5,14-17H2,1-4H3/t23-/m1/s1. The van der Waals surface area contributed by atoms with E-state index in [2.05, 4.69) is 38.1 Å². The van der Waals surface area contributed by atoms with E-state index in [0.29, 0.717) is 25.7 Å². The van der Waals surface area contributed by atoms with Gasteiger partial charge in [0.1, 0.15) is 47.2 Å². The number of benzene rings is 2. The van der Waals surface area contributed by atoms with Crippen LogP contribution in [0.5, 0.6) is 11.5 Å². The van der Waals surface area contributed by atoms with Gasteiger partial charge in [0.05, 0.1) is 19.3 Å². The van der Waals surface area contributed by atoms with Crippen LogP contribution < -0.4 is 9.47 Å². The normalized spacial score (nSPS) is 12.8. The second-order valence-electron chi connectivity index (χ2n) is 7.97. The quantitative estimate of drug-likeness (QED) is 0.162. The van der Waals surface area contributed by atoms with Crippen molar-refractivity contribution in [1.82, 2.24) is 0 Å². The Kier molecular flexibility index (Phi) is 10.7. The molecule has 6 heteroatoms. The second-order valence-corrected chi connectivity index (χ2v) is 8.86. The van der Waals surface area contributed by atoms with E-state index in [9.17, 15) is 0 Å². The van der Waals surface area contributed by atoms with Gasteiger partial charge in [0.2, 0.25) is 0 Å². The first-order valence-corrected chi connectivity index (χ1v) is 11.7. The van der Waals surface area contributed by atoms with Crippen LogP contribution in [0.4, 0.5) is 0 Å². The highest BCUT2D eigenvalue weighted by atomic mass is 127. The van der Waals surface area contributed by atoms with Crippen LogP contribution in [0.2, 0.25) is 0 Å². The van der Waals surface area contributed by atoms with E-state index in [1.807, 2.05) is 61.1 Å². The number of halogens is 2. The molecule has 0 amide bonds. The van der Waals surface area contributed by atoms with Crippen LogP contribution in [0.1, 0.15) is 45.2 Å². The van der Waals surface area contributed by atoms with E-state index in [1.54, 1.807) is 0 Å². The van der Waals surface area contributed by atoms with Crippen LogP contribution in [-0.4, -0.2) is 37.9 Å². The molecule has 2 rings (SSSR count). The fourth-order valence-corrected chi connectivity index (χ4v) is 3.34. The Hall–Kier alpha value is -1.02. The lowest BCUT2D eigenvalue weighted by molar-refractivity contribution is 0.0146. The van der Waals surface area contributed by atoms with E-state index in [0.717, 1.165) is 17.9 Å². The molecule has 0 radical (unpaired) electrons. The van der Waals surface area contributed by atoms with Gasteiger partial charge in [0.15, 0.2) is 0 Å². The number of rotatable bonds is 13. The first-order valence-electron chi connectivity index (χ1n) is 10.3. The molecule has 1 atom stereocenters. The molecule has 0 unspecified atom stereocenters. The fourth-order valence-electron chi connectivity index (χ4n) is 2.94. The molecular formula is C24H32ClIO4. The molecule has 0 saturated heterocycles. The van der Waals surface area contributed by atoms with Gasteiger partial charge in [0.25, 0.3) is 0 Å². The molecular weight excluding hydrogens is 515 g/mol. The summed E-state index contributed by atoms with van der Waals surface area (Å²) in [7, 11) is 0. The van der Waals surface area contributed by atoms with E-state index in [4.69, 9.17) is 28.9 Å². The fraction of sp³-hybridized carbons (Fsp3) is 0.500. The lowest BCUT2D eigenvalue weighted by Gasteiger charge is -2.26. The first kappa shape index (κ1) is 25.2. The van der Waals surface area contributed by atoms with E-state index in [1.165, 1.54) is 11.1 Å². The van der Waals surface area contributed by atoms with Gasteiger partial charge < -0.3 is 17.3 Å². The zero-order chi connectivity index (χ0) is 22.0. The van der Waals surface area contributed by atoms with E-state index >= 15 is 0 Å². The lowest BCUT2D eigenvalue weighted by Crippen LogP contribution is -2.26. The molecule has 2 aromatic carbocycles. The minimum Gasteiger partial charge on any atom is -0.494 e. The number of hydrogen-bond acceptors (Lipinski definition) is 4. The maximum absolute atomic E-state index is 5.89. The first-order chi connectivity index (χ1) is 14.4. The summed E-state index contributed by atoms with van der Waals surface area (Å²) in [4.78, 5) is 0. The molecule has 0 spiro atoms. The zero-order valence-corrected chi connectivity index (χ0v) is 21.1. The average molecular weight is 547 g/mol. The van der Waals surface area contributed by atoms with Crippen molar-refractivity contribution in [3.05, 3.63) is 59.7 Å². The van der Waals surface area contributed by atoms with Crippen molar-refractivity contribution in [1.29, 1.82) is 0 Å². The third kappa shape index (κ3) is 7.91. The zero-order valence-electron chi connectivity index (χ0n) is 18.2. The molecule has 0 bridgehead atoms. The minimum absolute atomic E-state index is 0.103. The van der Waals surface area contributed by atoms with Crippen molar-refractivity contribution >= 4 is 34.6 Å². The summed E-state index contributed by atoms with van der Waals surface area (Å²) >= 11 is 7.60. The van der Waals surface area contributed by atoms with Gasteiger partial charge in [-0.05, 0) is 55.7 Å². The van der Waals surface area contributed by atoms with Crippen molar-refractivity contribution in [2.45, 2.75) is 51.7 Å². The van der Waals surface area contributed by atoms with Gasteiger partial charge in [-0.2, -0.15) is 0 Å². The summed E-state index contributed by atoms with van der Waals surface area (Å²) in [5.41, 5.74) is 2.31. The molecule has 0 aliphatic heterocycles. The number of hydrogen-bond donors (Lipinski definition) is 0. The molecule has 2 aromatic rings. The van der Waals surface area contributed by atoms with E-state index in [-0.39, 0.29) is 17.6 Å². The van der Waals surface area contributed by atoms with Crippen molar-refractivity contribution in [3.63, 3.8) is 0 Å². The van der Waals surface area contributed by atoms with Crippen molar-refractivity contribution < 1.29 is 17.3 Å². The average Bonchev–Trinajstić information content (AvgIpc) is 2.74.